The normalized spacial score (nSPS) is 13.1. The minimum atomic E-state index is -0.805. The number of hydrogen-bond donors (Lipinski definition) is 0. The lowest BCUT2D eigenvalue weighted by Crippen LogP contribution is -2.30. The topological polar surface area (TPSA) is 78.9 Å². The number of esters is 3. The Balaban J connectivity index is 4.40. The minimum absolute atomic E-state index is 0.0985. The maximum absolute atomic E-state index is 12.9. The van der Waals surface area contributed by atoms with E-state index in [9.17, 15) is 14.4 Å². The van der Waals surface area contributed by atoms with Crippen LogP contribution >= 0.6 is 0 Å². The van der Waals surface area contributed by atoms with Crippen LogP contribution in [0.25, 0.3) is 0 Å². The Bertz CT molecular complexity index is 1840. The number of carbonyl (C=O) groups excluding carboxylic acids is 3. The van der Waals surface area contributed by atoms with Crippen LogP contribution in [0.3, 0.4) is 0 Å². The van der Waals surface area contributed by atoms with Crippen LogP contribution in [0.4, 0.5) is 0 Å². The van der Waals surface area contributed by atoms with E-state index in [1.807, 2.05) is 0 Å². The van der Waals surface area contributed by atoms with Crippen molar-refractivity contribution in [1.82, 2.24) is 0 Å². The van der Waals surface area contributed by atoms with Crippen molar-refractivity contribution in [1.29, 1.82) is 0 Å². The SMILES string of the molecule is CC/C=C\C/C=C\C/C=C\C/C=C\C/C=C\C/C=C\CCCCCCCCCCCCC(=O)OCC(COC(=O)CCCCCCC/C=C\C/C=C\CCCCC)OC(=O)CCCCCCC/C=C\C/C=C\C/C=C\C/C=C\C/C=C\CC. The van der Waals surface area contributed by atoms with E-state index in [4.69, 9.17) is 14.2 Å². The van der Waals surface area contributed by atoms with E-state index in [-0.39, 0.29) is 31.1 Å². The lowest BCUT2D eigenvalue weighted by Gasteiger charge is -2.18. The predicted molar refractivity (Wildman–Crippen MR) is 362 cm³/mol. The van der Waals surface area contributed by atoms with Crippen molar-refractivity contribution in [3.63, 3.8) is 0 Å². The summed E-state index contributed by atoms with van der Waals surface area (Å²) in [7, 11) is 0. The number of carbonyl (C=O) groups is 3. The maximum atomic E-state index is 12.9. The highest BCUT2D eigenvalue weighted by atomic mass is 16.6. The second kappa shape index (κ2) is 69.5. The summed E-state index contributed by atoms with van der Waals surface area (Å²) in [6, 6.07) is 0. The van der Waals surface area contributed by atoms with Gasteiger partial charge in [0.25, 0.3) is 0 Å². The fourth-order valence-corrected chi connectivity index (χ4v) is 8.97. The molecule has 0 aromatic rings. The quantitative estimate of drug-likeness (QED) is 0.0261. The largest absolute Gasteiger partial charge is 0.462 e. The maximum Gasteiger partial charge on any atom is 0.306 e. The Morgan fingerprint density at radius 1 is 0.253 bits per heavy atom. The summed E-state index contributed by atoms with van der Waals surface area (Å²) < 4.78 is 16.9. The number of unbranched alkanes of at least 4 members (excludes halogenated alkanes) is 23. The summed E-state index contributed by atoms with van der Waals surface area (Å²) in [5.74, 6) is -0.934. The standard InChI is InChI=1S/C77H124O6/c1-4-7-10-13-16-19-22-25-28-30-32-34-35-36-37-38-39-40-41-43-44-46-49-52-55-58-61-64-67-70-76(79)82-73-74(72-81-75(78)69-66-63-60-57-54-51-48-27-24-21-18-15-12-9-6-3)83-77(80)71-68-65-62-59-56-53-50-47-45-42-33-31-29-26-23-20-17-14-11-8-5-2/h7-8,10-11,16-21,25-29,32-34,36-37,39-40,42,47-48,50,74H,4-6,9,12-15,22-24,30-31,35,38,41,43-46,49,51-73H2,1-3H3/b10-7-,11-8-,19-16-,20-17-,21-18-,28-25-,29-26-,34-32-,37-36-,40-39-,42-33-,48-27-,50-47-. The Morgan fingerprint density at radius 3 is 0.735 bits per heavy atom. The molecule has 468 valence electrons. The van der Waals surface area contributed by atoms with Crippen molar-refractivity contribution in [3.8, 4) is 0 Å². The molecule has 0 aromatic carbocycles. The van der Waals surface area contributed by atoms with Gasteiger partial charge >= 0.3 is 17.9 Å². The van der Waals surface area contributed by atoms with Gasteiger partial charge in [-0.1, -0.05) is 281 Å². The third kappa shape index (κ3) is 67.7. The molecule has 1 unspecified atom stereocenters. The summed E-state index contributed by atoms with van der Waals surface area (Å²) in [5.41, 5.74) is 0. The highest BCUT2D eigenvalue weighted by Crippen LogP contribution is 2.15. The van der Waals surface area contributed by atoms with Gasteiger partial charge in [-0.3, -0.25) is 14.4 Å². The molecule has 83 heavy (non-hydrogen) atoms. The van der Waals surface area contributed by atoms with Crippen molar-refractivity contribution in [3.05, 3.63) is 158 Å². The van der Waals surface area contributed by atoms with Gasteiger partial charge in [0.05, 0.1) is 0 Å². The van der Waals surface area contributed by atoms with Crippen molar-refractivity contribution >= 4 is 17.9 Å². The van der Waals surface area contributed by atoms with E-state index in [2.05, 4.69) is 179 Å². The van der Waals surface area contributed by atoms with E-state index in [0.717, 1.165) is 180 Å². The summed E-state index contributed by atoms with van der Waals surface area (Å²) >= 11 is 0. The molecule has 0 aliphatic rings. The molecule has 0 amide bonds. The van der Waals surface area contributed by atoms with Gasteiger partial charge in [0, 0.05) is 19.3 Å². The Hall–Kier alpha value is -4.97. The van der Waals surface area contributed by atoms with Crippen LogP contribution in [0.1, 0.15) is 290 Å². The number of hydrogen-bond acceptors (Lipinski definition) is 6. The van der Waals surface area contributed by atoms with E-state index < -0.39 is 6.10 Å². The highest BCUT2D eigenvalue weighted by molar-refractivity contribution is 5.71. The molecule has 6 nitrogen and oxygen atoms in total. The van der Waals surface area contributed by atoms with Crippen LogP contribution in [-0.4, -0.2) is 37.2 Å². The van der Waals surface area contributed by atoms with E-state index >= 15 is 0 Å². The van der Waals surface area contributed by atoms with Gasteiger partial charge < -0.3 is 14.2 Å². The predicted octanol–water partition coefficient (Wildman–Crippen LogP) is 23.7. The van der Waals surface area contributed by atoms with Gasteiger partial charge in [0.2, 0.25) is 0 Å². The molecule has 0 rings (SSSR count). The van der Waals surface area contributed by atoms with Gasteiger partial charge in [-0.15, -0.1) is 0 Å². The second-order valence-electron chi connectivity index (χ2n) is 22.0. The molecule has 0 aliphatic carbocycles. The van der Waals surface area contributed by atoms with Crippen LogP contribution in [0, 0.1) is 0 Å². The second-order valence-corrected chi connectivity index (χ2v) is 22.0. The van der Waals surface area contributed by atoms with Crippen LogP contribution < -0.4 is 0 Å². The van der Waals surface area contributed by atoms with Crippen molar-refractivity contribution in [2.45, 2.75) is 297 Å². The molecule has 0 saturated heterocycles. The fraction of sp³-hybridized carbons (Fsp3) is 0.623. The first-order valence-corrected chi connectivity index (χ1v) is 34.0. The first kappa shape index (κ1) is 78.0. The molecule has 0 heterocycles. The van der Waals surface area contributed by atoms with E-state index in [1.54, 1.807) is 0 Å². The van der Waals surface area contributed by atoms with Crippen LogP contribution in [0.15, 0.2) is 158 Å². The van der Waals surface area contributed by atoms with Crippen molar-refractivity contribution < 1.29 is 28.6 Å². The molecule has 1 atom stereocenters. The average Bonchev–Trinajstić information content (AvgIpc) is 3.49. The zero-order valence-corrected chi connectivity index (χ0v) is 53.7. The lowest BCUT2D eigenvalue weighted by molar-refractivity contribution is -0.167. The Kier molecular flexibility index (Phi) is 65.4. The zero-order valence-electron chi connectivity index (χ0n) is 53.7. The summed E-state index contributed by atoms with van der Waals surface area (Å²) in [5, 5.41) is 0. The van der Waals surface area contributed by atoms with Crippen LogP contribution in [0.5, 0.6) is 0 Å². The van der Waals surface area contributed by atoms with E-state index in [1.165, 1.54) is 70.6 Å². The van der Waals surface area contributed by atoms with Gasteiger partial charge in [-0.05, 0) is 148 Å². The Labute approximate surface area is 511 Å². The third-order valence-corrected chi connectivity index (χ3v) is 14.0. The molecule has 0 spiro atoms. The smallest absolute Gasteiger partial charge is 0.306 e. The van der Waals surface area contributed by atoms with Crippen molar-refractivity contribution in [2.75, 3.05) is 13.2 Å². The first-order chi connectivity index (χ1) is 41.0. The summed E-state index contributed by atoms with van der Waals surface area (Å²) in [6.07, 6.45) is 101. The molecule has 0 aromatic heterocycles. The minimum Gasteiger partial charge on any atom is -0.462 e. The summed E-state index contributed by atoms with van der Waals surface area (Å²) in [4.78, 5) is 38.4. The molecule has 6 heteroatoms. The highest BCUT2D eigenvalue weighted by Gasteiger charge is 2.19. The van der Waals surface area contributed by atoms with Gasteiger partial charge in [0.15, 0.2) is 6.10 Å². The average molecular weight is 1150 g/mol. The molecule has 0 aliphatic heterocycles. The number of rotatable bonds is 60. The lowest BCUT2D eigenvalue weighted by atomic mass is 10.1. The monoisotopic (exact) mass is 1140 g/mol. The molecule has 0 saturated carbocycles. The van der Waals surface area contributed by atoms with Crippen molar-refractivity contribution in [2.24, 2.45) is 0 Å². The van der Waals surface area contributed by atoms with E-state index in [0.29, 0.717) is 19.3 Å². The third-order valence-electron chi connectivity index (χ3n) is 14.0. The molecule has 0 fully saturated rings. The first-order valence-electron chi connectivity index (χ1n) is 34.0. The van der Waals surface area contributed by atoms with Gasteiger partial charge in [-0.25, -0.2) is 0 Å². The molecule has 0 N–H and O–H groups in total. The molecule has 0 bridgehead atoms. The zero-order chi connectivity index (χ0) is 59.9. The number of ether oxygens (including phenoxy) is 3. The Morgan fingerprint density at radius 2 is 0.470 bits per heavy atom. The van der Waals surface area contributed by atoms with Crippen LogP contribution in [-0.2, 0) is 28.6 Å². The summed E-state index contributed by atoms with van der Waals surface area (Å²) in [6.45, 7) is 6.36. The van der Waals surface area contributed by atoms with Gasteiger partial charge in [0.1, 0.15) is 13.2 Å². The fourth-order valence-electron chi connectivity index (χ4n) is 8.97. The molecular weight excluding hydrogens is 1020 g/mol. The molecule has 0 radical (unpaired) electrons. The van der Waals surface area contributed by atoms with Gasteiger partial charge in [-0.2, -0.15) is 0 Å². The number of allylic oxidation sites excluding steroid dienone is 26. The van der Waals surface area contributed by atoms with Crippen LogP contribution in [0.2, 0.25) is 0 Å². The molecular formula is C77H124O6.